The van der Waals surface area contributed by atoms with Crippen LogP contribution in [0.15, 0.2) is 42.5 Å². The summed E-state index contributed by atoms with van der Waals surface area (Å²) in [6, 6.07) is 14.0. The SMILES string of the molecule is Cc1cc(C)c(NC(=O)C[NH+](C)CCCOc2ccccc2)c(C)c1. The van der Waals surface area contributed by atoms with Crippen molar-refractivity contribution < 1.29 is 14.4 Å². The number of hydrogen-bond acceptors (Lipinski definition) is 2. The zero-order chi connectivity index (χ0) is 18.2. The van der Waals surface area contributed by atoms with Crippen LogP contribution in [0.3, 0.4) is 0 Å². The van der Waals surface area contributed by atoms with E-state index in [-0.39, 0.29) is 5.91 Å². The highest BCUT2D eigenvalue weighted by Crippen LogP contribution is 2.21. The van der Waals surface area contributed by atoms with Gasteiger partial charge in [-0.3, -0.25) is 4.79 Å². The van der Waals surface area contributed by atoms with Gasteiger partial charge in [0, 0.05) is 12.1 Å². The Morgan fingerprint density at radius 2 is 1.72 bits per heavy atom. The summed E-state index contributed by atoms with van der Waals surface area (Å²) >= 11 is 0. The molecule has 2 rings (SSSR count). The largest absolute Gasteiger partial charge is 0.493 e. The van der Waals surface area contributed by atoms with Crippen molar-refractivity contribution >= 4 is 11.6 Å². The molecule has 134 valence electrons. The zero-order valence-corrected chi connectivity index (χ0v) is 15.7. The first-order chi connectivity index (χ1) is 12.0. The van der Waals surface area contributed by atoms with E-state index in [1.807, 2.05) is 51.2 Å². The van der Waals surface area contributed by atoms with Gasteiger partial charge in [0.2, 0.25) is 0 Å². The molecule has 4 heteroatoms. The number of aryl methyl sites for hydroxylation is 3. The van der Waals surface area contributed by atoms with Gasteiger partial charge in [0.15, 0.2) is 6.54 Å². The summed E-state index contributed by atoms with van der Waals surface area (Å²) in [5.74, 6) is 0.944. The molecule has 0 spiro atoms. The van der Waals surface area contributed by atoms with Crippen LogP contribution in [-0.4, -0.2) is 32.7 Å². The van der Waals surface area contributed by atoms with Gasteiger partial charge in [0.05, 0.1) is 20.2 Å². The van der Waals surface area contributed by atoms with Crippen molar-refractivity contribution in [1.82, 2.24) is 0 Å². The second kappa shape index (κ2) is 9.23. The molecule has 1 atom stereocenters. The van der Waals surface area contributed by atoms with Gasteiger partial charge < -0.3 is 15.0 Å². The molecule has 0 fully saturated rings. The van der Waals surface area contributed by atoms with Crippen LogP contribution in [0.25, 0.3) is 0 Å². The normalized spacial score (nSPS) is 11.8. The quantitative estimate of drug-likeness (QED) is 0.725. The third-order valence-corrected chi connectivity index (χ3v) is 4.16. The minimum atomic E-state index is 0.0523. The first-order valence-corrected chi connectivity index (χ1v) is 8.82. The van der Waals surface area contributed by atoms with Gasteiger partial charge in [-0.05, 0) is 44.0 Å². The highest BCUT2D eigenvalue weighted by Gasteiger charge is 2.13. The number of benzene rings is 2. The molecule has 2 aromatic rings. The maximum Gasteiger partial charge on any atom is 0.279 e. The minimum absolute atomic E-state index is 0.0523. The third-order valence-electron chi connectivity index (χ3n) is 4.16. The number of carbonyl (C=O) groups excluding carboxylic acids is 1. The number of ether oxygens (including phenoxy) is 1. The highest BCUT2D eigenvalue weighted by molar-refractivity contribution is 5.93. The van der Waals surface area contributed by atoms with Crippen molar-refractivity contribution in [3.8, 4) is 5.75 Å². The van der Waals surface area contributed by atoms with E-state index in [1.54, 1.807) is 0 Å². The molecule has 1 amide bonds. The lowest BCUT2D eigenvalue weighted by atomic mass is 10.1. The van der Waals surface area contributed by atoms with Crippen LogP contribution in [0, 0.1) is 20.8 Å². The summed E-state index contributed by atoms with van der Waals surface area (Å²) in [5.41, 5.74) is 4.38. The molecule has 0 aliphatic carbocycles. The standard InChI is InChI=1S/C21H28N2O2/c1-16-13-17(2)21(18(3)14-16)22-20(24)15-23(4)11-8-12-25-19-9-6-5-7-10-19/h5-7,9-10,13-14H,8,11-12,15H2,1-4H3,(H,22,24)/p+1. The molecule has 4 nitrogen and oxygen atoms in total. The highest BCUT2D eigenvalue weighted by atomic mass is 16.5. The van der Waals surface area contributed by atoms with E-state index in [1.165, 1.54) is 10.5 Å². The van der Waals surface area contributed by atoms with Gasteiger partial charge in [0.1, 0.15) is 5.75 Å². The summed E-state index contributed by atoms with van der Waals surface area (Å²) in [5, 5.41) is 3.06. The Hall–Kier alpha value is -2.33. The lowest BCUT2D eigenvalue weighted by Crippen LogP contribution is -3.10. The number of para-hydroxylation sites is 1. The molecule has 0 saturated carbocycles. The number of nitrogens with one attached hydrogen (secondary N) is 2. The fourth-order valence-electron chi connectivity index (χ4n) is 3.00. The summed E-state index contributed by atoms with van der Waals surface area (Å²) in [4.78, 5) is 13.5. The van der Waals surface area contributed by atoms with Gasteiger partial charge in [-0.1, -0.05) is 35.9 Å². The minimum Gasteiger partial charge on any atom is -0.493 e. The molecule has 2 N–H and O–H groups in total. The Kier molecular flexibility index (Phi) is 7.02. The number of quaternary nitrogens is 1. The predicted molar refractivity (Wildman–Crippen MR) is 102 cm³/mol. The molecule has 1 unspecified atom stereocenters. The van der Waals surface area contributed by atoms with E-state index >= 15 is 0 Å². The molecule has 0 saturated heterocycles. The molecule has 25 heavy (non-hydrogen) atoms. The second-order valence-electron chi connectivity index (χ2n) is 6.72. The monoisotopic (exact) mass is 341 g/mol. The summed E-state index contributed by atoms with van der Waals surface area (Å²) < 4.78 is 5.69. The van der Waals surface area contributed by atoms with Gasteiger partial charge in [-0.15, -0.1) is 0 Å². The fourth-order valence-corrected chi connectivity index (χ4v) is 3.00. The average Bonchev–Trinajstić information content (AvgIpc) is 2.56. The molecular formula is C21H29N2O2+. The second-order valence-corrected chi connectivity index (χ2v) is 6.72. The van der Waals surface area contributed by atoms with Crippen LogP contribution in [0.2, 0.25) is 0 Å². The van der Waals surface area contributed by atoms with Crippen LogP contribution in [-0.2, 0) is 4.79 Å². The Morgan fingerprint density at radius 1 is 1.08 bits per heavy atom. The van der Waals surface area contributed by atoms with E-state index in [0.29, 0.717) is 13.2 Å². The van der Waals surface area contributed by atoms with Gasteiger partial charge in [-0.2, -0.15) is 0 Å². The number of likely N-dealkylation sites (N-methyl/N-ethyl adjacent to an activating group) is 1. The third kappa shape index (κ3) is 6.24. The smallest absolute Gasteiger partial charge is 0.279 e. The Bertz CT molecular complexity index is 675. The van der Waals surface area contributed by atoms with Crippen LogP contribution < -0.4 is 15.0 Å². The van der Waals surface area contributed by atoms with Crippen LogP contribution >= 0.6 is 0 Å². The van der Waals surface area contributed by atoms with Crippen molar-refractivity contribution in [2.24, 2.45) is 0 Å². The summed E-state index contributed by atoms with van der Waals surface area (Å²) in [7, 11) is 2.04. The lowest BCUT2D eigenvalue weighted by Gasteiger charge is -2.16. The Morgan fingerprint density at radius 3 is 2.36 bits per heavy atom. The van der Waals surface area contributed by atoms with E-state index in [0.717, 1.165) is 35.5 Å². The summed E-state index contributed by atoms with van der Waals surface area (Å²) in [6.07, 6.45) is 0.913. The molecule has 0 aliphatic heterocycles. The van der Waals surface area contributed by atoms with Crippen molar-refractivity contribution in [3.63, 3.8) is 0 Å². The zero-order valence-electron chi connectivity index (χ0n) is 15.7. The maximum absolute atomic E-state index is 12.3. The number of carbonyl (C=O) groups is 1. The topological polar surface area (TPSA) is 42.8 Å². The van der Waals surface area contributed by atoms with E-state index < -0.39 is 0 Å². The van der Waals surface area contributed by atoms with E-state index in [4.69, 9.17) is 4.74 Å². The molecular weight excluding hydrogens is 312 g/mol. The van der Waals surface area contributed by atoms with Gasteiger partial charge >= 0.3 is 0 Å². The number of anilines is 1. The van der Waals surface area contributed by atoms with Crippen LogP contribution in [0.1, 0.15) is 23.1 Å². The van der Waals surface area contributed by atoms with Crippen LogP contribution in [0.4, 0.5) is 5.69 Å². The molecule has 0 aliphatic rings. The predicted octanol–water partition coefficient (Wildman–Crippen LogP) is 2.53. The lowest BCUT2D eigenvalue weighted by molar-refractivity contribution is -0.871. The van der Waals surface area contributed by atoms with Crippen molar-refractivity contribution in [2.75, 3.05) is 32.1 Å². The first-order valence-electron chi connectivity index (χ1n) is 8.82. The van der Waals surface area contributed by atoms with Crippen molar-refractivity contribution in [2.45, 2.75) is 27.2 Å². The molecule has 0 heterocycles. The molecule has 2 aromatic carbocycles. The molecule has 0 radical (unpaired) electrons. The van der Waals surface area contributed by atoms with E-state index in [9.17, 15) is 4.79 Å². The van der Waals surface area contributed by atoms with Crippen molar-refractivity contribution in [1.29, 1.82) is 0 Å². The maximum atomic E-state index is 12.3. The van der Waals surface area contributed by atoms with Crippen LogP contribution in [0.5, 0.6) is 5.75 Å². The average molecular weight is 341 g/mol. The number of amides is 1. The molecule has 0 aromatic heterocycles. The fraction of sp³-hybridized carbons (Fsp3) is 0.381. The summed E-state index contributed by atoms with van der Waals surface area (Å²) in [6.45, 7) is 8.16. The first kappa shape index (κ1) is 19.0. The molecule has 0 bridgehead atoms. The number of rotatable bonds is 8. The Labute approximate surface area is 150 Å². The van der Waals surface area contributed by atoms with E-state index in [2.05, 4.69) is 24.4 Å². The van der Waals surface area contributed by atoms with Gasteiger partial charge in [-0.25, -0.2) is 0 Å². The van der Waals surface area contributed by atoms with Crippen molar-refractivity contribution in [3.05, 3.63) is 59.2 Å². The number of hydrogen-bond donors (Lipinski definition) is 2. The Balaban J connectivity index is 1.73. The van der Waals surface area contributed by atoms with Gasteiger partial charge in [0.25, 0.3) is 5.91 Å².